The molecule has 5 nitrogen and oxygen atoms in total. The molecule has 0 aliphatic heterocycles. The number of carboxylic acid groups (broad SMARTS) is 1. The fourth-order valence-electron chi connectivity index (χ4n) is 3.75. The molecule has 31 heavy (non-hydrogen) atoms. The number of benzene rings is 3. The molecule has 0 aromatic heterocycles. The van der Waals surface area contributed by atoms with Crippen molar-refractivity contribution in [1.29, 1.82) is 0 Å². The van der Waals surface area contributed by atoms with Crippen LogP contribution in [-0.2, 0) is 10.9 Å². The van der Waals surface area contributed by atoms with Crippen molar-refractivity contribution in [3.8, 4) is 11.1 Å². The molecule has 0 unspecified atom stereocenters. The summed E-state index contributed by atoms with van der Waals surface area (Å²) in [4.78, 5) is 23.7. The third-order valence-corrected chi connectivity index (χ3v) is 5.16. The Kier molecular flexibility index (Phi) is 5.14. The van der Waals surface area contributed by atoms with E-state index in [0.29, 0.717) is 12.1 Å². The maximum Gasteiger partial charge on any atom is 0.416 e. The zero-order valence-corrected chi connectivity index (χ0v) is 15.9. The molecular weight excluding hydrogens is 411 g/mol. The fraction of sp³-hybridized carbons (Fsp3) is 0.130. The molecule has 2 N–H and O–H groups in total. The van der Waals surface area contributed by atoms with Gasteiger partial charge in [-0.25, -0.2) is 9.59 Å². The van der Waals surface area contributed by atoms with Gasteiger partial charge in [0.2, 0.25) is 0 Å². The quantitative estimate of drug-likeness (QED) is 0.555. The average molecular weight is 427 g/mol. The van der Waals surface area contributed by atoms with E-state index in [1.54, 1.807) is 0 Å². The fourth-order valence-corrected chi connectivity index (χ4v) is 3.75. The van der Waals surface area contributed by atoms with E-state index < -0.39 is 29.4 Å². The molecule has 4 rings (SSSR count). The topological polar surface area (TPSA) is 75.6 Å². The highest BCUT2D eigenvalue weighted by Crippen LogP contribution is 2.44. The molecule has 1 aliphatic carbocycles. The van der Waals surface area contributed by atoms with Gasteiger partial charge in [0.15, 0.2) is 0 Å². The molecular formula is C23H16F3NO4. The summed E-state index contributed by atoms with van der Waals surface area (Å²) in [5.41, 5.74) is 2.00. The summed E-state index contributed by atoms with van der Waals surface area (Å²) in [6.07, 6.45) is -5.66. The standard InChI is InChI=1S/C23H16F3NO4/c24-23(25,26)13-9-10-20(18(11-13)21(28)29)27-22(30)31-12-19-16-7-3-1-5-14(16)15-6-2-4-8-17(15)19/h1-11,19H,12H2,(H,27,30)(H,28,29). The number of anilines is 1. The summed E-state index contributed by atoms with van der Waals surface area (Å²) < 4.78 is 43.9. The van der Waals surface area contributed by atoms with Gasteiger partial charge in [-0.15, -0.1) is 0 Å². The van der Waals surface area contributed by atoms with E-state index >= 15 is 0 Å². The molecule has 3 aromatic carbocycles. The second kappa shape index (κ2) is 7.79. The second-order valence-corrected chi connectivity index (χ2v) is 7.01. The lowest BCUT2D eigenvalue weighted by Gasteiger charge is -2.16. The smallest absolute Gasteiger partial charge is 0.416 e. The van der Waals surface area contributed by atoms with Gasteiger partial charge in [0, 0.05) is 5.92 Å². The summed E-state index contributed by atoms with van der Waals surface area (Å²) in [6.45, 7) is -0.0110. The van der Waals surface area contributed by atoms with Gasteiger partial charge in [-0.3, -0.25) is 5.32 Å². The Labute approximate surface area is 175 Å². The minimum Gasteiger partial charge on any atom is -0.478 e. The molecule has 0 fully saturated rings. The number of carbonyl (C=O) groups is 2. The Morgan fingerprint density at radius 2 is 1.52 bits per heavy atom. The number of hydrogen-bond donors (Lipinski definition) is 2. The van der Waals surface area contributed by atoms with Crippen molar-refractivity contribution in [3.05, 3.63) is 89.0 Å². The number of halogens is 3. The highest BCUT2D eigenvalue weighted by molar-refractivity contribution is 5.99. The molecule has 0 saturated heterocycles. The van der Waals surface area contributed by atoms with Crippen LogP contribution in [0.2, 0.25) is 0 Å². The summed E-state index contributed by atoms with van der Waals surface area (Å²) >= 11 is 0. The van der Waals surface area contributed by atoms with Gasteiger partial charge in [0.25, 0.3) is 0 Å². The Morgan fingerprint density at radius 1 is 0.935 bits per heavy atom. The Hall–Kier alpha value is -3.81. The number of aromatic carboxylic acids is 1. The summed E-state index contributed by atoms with van der Waals surface area (Å²) in [6, 6.07) is 17.5. The molecule has 0 saturated carbocycles. The van der Waals surface area contributed by atoms with Crippen LogP contribution in [0.1, 0.15) is 33.0 Å². The monoisotopic (exact) mass is 427 g/mol. The largest absolute Gasteiger partial charge is 0.478 e. The number of fused-ring (bicyclic) bond motifs is 3. The molecule has 1 amide bonds. The number of rotatable bonds is 4. The molecule has 0 radical (unpaired) electrons. The number of hydrogen-bond acceptors (Lipinski definition) is 3. The van der Waals surface area contributed by atoms with Gasteiger partial charge in [-0.1, -0.05) is 48.5 Å². The van der Waals surface area contributed by atoms with Crippen molar-refractivity contribution in [3.63, 3.8) is 0 Å². The van der Waals surface area contributed by atoms with E-state index in [-0.39, 0.29) is 18.2 Å². The first kappa shape index (κ1) is 20.5. The van der Waals surface area contributed by atoms with Crippen molar-refractivity contribution >= 4 is 17.7 Å². The lowest BCUT2D eigenvalue weighted by atomic mass is 9.98. The first-order valence-electron chi connectivity index (χ1n) is 9.32. The SMILES string of the molecule is O=C(Nc1ccc(C(F)(F)F)cc1C(=O)O)OCC1c2ccccc2-c2ccccc21. The first-order valence-corrected chi connectivity index (χ1v) is 9.32. The number of carboxylic acids is 1. The third-order valence-electron chi connectivity index (χ3n) is 5.16. The minimum absolute atomic E-state index is 0.0110. The normalized spacial score (nSPS) is 12.7. The number of amides is 1. The molecule has 8 heteroatoms. The predicted molar refractivity (Wildman–Crippen MR) is 107 cm³/mol. The van der Waals surface area contributed by atoms with Gasteiger partial charge in [-0.05, 0) is 40.5 Å². The van der Waals surface area contributed by atoms with E-state index in [1.165, 1.54) is 0 Å². The average Bonchev–Trinajstić information content (AvgIpc) is 3.05. The maximum absolute atomic E-state index is 12.9. The Morgan fingerprint density at radius 3 is 2.06 bits per heavy atom. The van der Waals surface area contributed by atoms with E-state index in [1.807, 2.05) is 48.5 Å². The first-order chi connectivity index (χ1) is 14.8. The molecule has 3 aromatic rings. The van der Waals surface area contributed by atoms with Crippen LogP contribution in [-0.4, -0.2) is 23.8 Å². The Bertz CT molecular complexity index is 1130. The van der Waals surface area contributed by atoms with Crippen LogP contribution in [0.15, 0.2) is 66.7 Å². The van der Waals surface area contributed by atoms with Crippen LogP contribution in [0.4, 0.5) is 23.7 Å². The predicted octanol–water partition coefficient (Wildman–Crippen LogP) is 5.76. The lowest BCUT2D eigenvalue weighted by Crippen LogP contribution is -2.20. The number of carbonyl (C=O) groups excluding carboxylic acids is 1. The number of nitrogens with one attached hydrogen (secondary N) is 1. The van der Waals surface area contributed by atoms with Gasteiger partial charge in [0.1, 0.15) is 6.61 Å². The van der Waals surface area contributed by atoms with Crippen LogP contribution in [0.5, 0.6) is 0 Å². The van der Waals surface area contributed by atoms with Gasteiger partial charge >= 0.3 is 18.2 Å². The summed E-state index contributed by atoms with van der Waals surface area (Å²) in [5.74, 6) is -1.80. The lowest BCUT2D eigenvalue weighted by molar-refractivity contribution is -0.137. The van der Waals surface area contributed by atoms with E-state index in [0.717, 1.165) is 28.3 Å². The van der Waals surface area contributed by atoms with Crippen LogP contribution in [0.25, 0.3) is 11.1 Å². The van der Waals surface area contributed by atoms with E-state index in [2.05, 4.69) is 5.32 Å². The van der Waals surface area contributed by atoms with Crippen LogP contribution < -0.4 is 5.32 Å². The van der Waals surface area contributed by atoms with Crippen molar-refractivity contribution in [1.82, 2.24) is 0 Å². The highest BCUT2D eigenvalue weighted by Gasteiger charge is 2.32. The molecule has 0 bridgehead atoms. The summed E-state index contributed by atoms with van der Waals surface area (Å²) in [5, 5.41) is 11.5. The van der Waals surface area contributed by atoms with Crippen molar-refractivity contribution in [2.24, 2.45) is 0 Å². The van der Waals surface area contributed by atoms with Crippen LogP contribution in [0, 0.1) is 0 Å². The van der Waals surface area contributed by atoms with Gasteiger partial charge in [-0.2, -0.15) is 13.2 Å². The van der Waals surface area contributed by atoms with Crippen molar-refractivity contribution < 1.29 is 32.6 Å². The number of ether oxygens (including phenoxy) is 1. The zero-order chi connectivity index (χ0) is 22.2. The Balaban J connectivity index is 1.51. The minimum atomic E-state index is -4.70. The van der Waals surface area contributed by atoms with Crippen molar-refractivity contribution in [2.75, 3.05) is 11.9 Å². The molecule has 1 aliphatic rings. The van der Waals surface area contributed by atoms with E-state index in [4.69, 9.17) is 4.74 Å². The van der Waals surface area contributed by atoms with Crippen molar-refractivity contribution in [2.45, 2.75) is 12.1 Å². The molecule has 0 spiro atoms. The van der Waals surface area contributed by atoms with Crippen LogP contribution in [0.3, 0.4) is 0 Å². The van der Waals surface area contributed by atoms with Crippen LogP contribution >= 0.6 is 0 Å². The number of alkyl halides is 3. The molecule has 158 valence electrons. The maximum atomic E-state index is 12.9. The highest BCUT2D eigenvalue weighted by atomic mass is 19.4. The van der Waals surface area contributed by atoms with Gasteiger partial charge in [0.05, 0.1) is 16.8 Å². The third kappa shape index (κ3) is 3.96. The zero-order valence-electron chi connectivity index (χ0n) is 15.9. The molecule has 0 atom stereocenters. The second-order valence-electron chi connectivity index (χ2n) is 7.01. The summed E-state index contributed by atoms with van der Waals surface area (Å²) in [7, 11) is 0. The van der Waals surface area contributed by atoms with E-state index in [9.17, 15) is 27.9 Å². The van der Waals surface area contributed by atoms with Gasteiger partial charge < -0.3 is 9.84 Å². The molecule has 0 heterocycles.